The molecule has 1 aliphatic carbocycles. The summed E-state index contributed by atoms with van der Waals surface area (Å²) in [6.07, 6.45) is 3.70. The number of Topliss-reactive ketones (excluding diaryl/α,β-unsaturated/α-hetero) is 1. The molecule has 1 unspecified atom stereocenters. The van der Waals surface area contributed by atoms with Crippen molar-refractivity contribution in [2.24, 2.45) is 0 Å². The minimum absolute atomic E-state index is 0.0503. The molecule has 78 valence electrons. The zero-order valence-corrected chi connectivity index (χ0v) is 8.52. The van der Waals surface area contributed by atoms with Gasteiger partial charge in [0.1, 0.15) is 0 Å². The smallest absolute Gasteiger partial charge is 0.188 e. The van der Waals surface area contributed by atoms with E-state index in [2.05, 4.69) is 0 Å². The first kappa shape index (κ1) is 10.1. The molecule has 1 atom stereocenters. The van der Waals surface area contributed by atoms with Crippen LogP contribution in [-0.4, -0.2) is 17.0 Å². The van der Waals surface area contributed by atoms with E-state index in [0.29, 0.717) is 5.56 Å². The monoisotopic (exact) mass is 202 g/mol. The number of ketones is 1. The van der Waals surface area contributed by atoms with Crippen LogP contribution in [0.4, 0.5) is 0 Å². The maximum Gasteiger partial charge on any atom is 0.188 e. The number of aliphatic hydroxyl groups excluding tert-OH is 1. The number of aliphatic hydroxyl groups is 1. The Labute approximate surface area is 89.2 Å². The van der Waals surface area contributed by atoms with Gasteiger partial charge in [0, 0.05) is 5.56 Å². The predicted molar refractivity (Wildman–Crippen MR) is 58.7 cm³/mol. The lowest BCUT2D eigenvalue weighted by atomic mass is 9.92. The summed E-state index contributed by atoms with van der Waals surface area (Å²) in [5.41, 5.74) is 1.46. The topological polar surface area (TPSA) is 37.3 Å². The van der Waals surface area contributed by atoms with Crippen molar-refractivity contribution in [3.8, 4) is 0 Å². The average molecular weight is 202 g/mol. The lowest BCUT2D eigenvalue weighted by Gasteiger charge is -2.15. The fourth-order valence-electron chi connectivity index (χ4n) is 1.86. The molecule has 0 amide bonds. The quantitative estimate of drug-likeness (QED) is 0.747. The van der Waals surface area contributed by atoms with Crippen molar-refractivity contribution < 1.29 is 9.90 Å². The van der Waals surface area contributed by atoms with Crippen LogP contribution in [0.2, 0.25) is 0 Å². The summed E-state index contributed by atoms with van der Waals surface area (Å²) in [7, 11) is 0. The van der Waals surface area contributed by atoms with Crippen molar-refractivity contribution in [3.05, 3.63) is 47.5 Å². The van der Waals surface area contributed by atoms with E-state index in [1.54, 1.807) is 6.08 Å². The Kier molecular flexibility index (Phi) is 2.97. The van der Waals surface area contributed by atoms with E-state index in [0.717, 1.165) is 24.8 Å². The van der Waals surface area contributed by atoms with E-state index < -0.39 is 6.10 Å². The largest absolute Gasteiger partial charge is 0.389 e. The van der Waals surface area contributed by atoms with E-state index in [9.17, 15) is 9.90 Å². The number of carbonyl (C=O) groups is 1. The second kappa shape index (κ2) is 4.41. The van der Waals surface area contributed by atoms with E-state index in [1.807, 2.05) is 30.3 Å². The van der Waals surface area contributed by atoms with Gasteiger partial charge in [-0.2, -0.15) is 0 Å². The molecule has 1 N–H and O–H groups in total. The Morgan fingerprint density at radius 1 is 1.27 bits per heavy atom. The van der Waals surface area contributed by atoms with Gasteiger partial charge >= 0.3 is 0 Å². The molecule has 1 aromatic carbocycles. The highest BCUT2D eigenvalue weighted by molar-refractivity contribution is 6.08. The third kappa shape index (κ3) is 2.34. The molecular formula is C13H14O2. The number of allylic oxidation sites excluding steroid dienone is 1. The zero-order valence-electron chi connectivity index (χ0n) is 8.52. The Bertz CT molecular complexity index is 379. The van der Waals surface area contributed by atoms with Gasteiger partial charge in [0.15, 0.2) is 5.78 Å². The molecule has 15 heavy (non-hydrogen) atoms. The van der Waals surface area contributed by atoms with Crippen LogP contribution in [0.5, 0.6) is 0 Å². The number of carbonyl (C=O) groups excluding carboxylic acids is 1. The average Bonchev–Trinajstić information content (AvgIpc) is 2.29. The third-order valence-electron chi connectivity index (χ3n) is 2.67. The van der Waals surface area contributed by atoms with Crippen LogP contribution in [0.1, 0.15) is 29.6 Å². The van der Waals surface area contributed by atoms with Crippen molar-refractivity contribution in [1.82, 2.24) is 0 Å². The lowest BCUT2D eigenvalue weighted by Crippen LogP contribution is -2.14. The first-order chi connectivity index (χ1) is 7.27. The highest BCUT2D eigenvalue weighted by atomic mass is 16.3. The molecule has 2 heteroatoms. The molecule has 2 nitrogen and oxygen atoms in total. The van der Waals surface area contributed by atoms with Crippen LogP contribution in [0.3, 0.4) is 0 Å². The van der Waals surface area contributed by atoms with E-state index in [4.69, 9.17) is 0 Å². The molecule has 2 rings (SSSR count). The van der Waals surface area contributed by atoms with Crippen LogP contribution in [0.15, 0.2) is 42.0 Å². The molecule has 0 saturated heterocycles. The standard InChI is InChI=1S/C13H14O2/c14-12-8-4-7-11(9-12)13(15)10-5-2-1-3-6-10/h1-3,5-6,9,12,14H,4,7-8H2. The summed E-state index contributed by atoms with van der Waals surface area (Å²) in [6.45, 7) is 0. The van der Waals surface area contributed by atoms with Crippen molar-refractivity contribution in [2.75, 3.05) is 0 Å². The van der Waals surface area contributed by atoms with E-state index in [1.165, 1.54) is 0 Å². The molecule has 1 aliphatic rings. The third-order valence-corrected chi connectivity index (χ3v) is 2.67. The minimum atomic E-state index is -0.443. The fraction of sp³-hybridized carbons (Fsp3) is 0.308. The van der Waals surface area contributed by atoms with Crippen LogP contribution >= 0.6 is 0 Å². The molecular weight excluding hydrogens is 188 g/mol. The van der Waals surface area contributed by atoms with Crippen LogP contribution < -0.4 is 0 Å². The maximum atomic E-state index is 12.0. The van der Waals surface area contributed by atoms with E-state index in [-0.39, 0.29) is 5.78 Å². The number of hydrogen-bond acceptors (Lipinski definition) is 2. The van der Waals surface area contributed by atoms with Gasteiger partial charge in [-0.05, 0) is 30.9 Å². The van der Waals surface area contributed by atoms with Gasteiger partial charge in [0.2, 0.25) is 0 Å². The predicted octanol–water partition coefficient (Wildman–Crippen LogP) is 2.34. The fourth-order valence-corrected chi connectivity index (χ4v) is 1.86. The molecule has 0 heterocycles. The molecule has 0 bridgehead atoms. The highest BCUT2D eigenvalue weighted by Crippen LogP contribution is 2.21. The molecule has 1 aromatic rings. The number of benzene rings is 1. The summed E-state index contributed by atoms with van der Waals surface area (Å²) in [5.74, 6) is 0.0503. The number of hydrogen-bond donors (Lipinski definition) is 1. The van der Waals surface area contributed by atoms with Crippen LogP contribution in [-0.2, 0) is 0 Å². The summed E-state index contributed by atoms with van der Waals surface area (Å²) in [6, 6.07) is 9.22. The maximum absolute atomic E-state index is 12.0. The lowest BCUT2D eigenvalue weighted by molar-refractivity contribution is 0.102. The molecule has 0 spiro atoms. The Balaban J connectivity index is 2.22. The Hall–Kier alpha value is -1.41. The molecule has 0 aromatic heterocycles. The van der Waals surface area contributed by atoms with Gasteiger partial charge in [-0.3, -0.25) is 4.79 Å². The summed E-state index contributed by atoms with van der Waals surface area (Å²) in [4.78, 5) is 12.0. The summed E-state index contributed by atoms with van der Waals surface area (Å²) >= 11 is 0. The number of rotatable bonds is 2. The SMILES string of the molecule is O=C(C1=CC(O)CCC1)c1ccccc1. The van der Waals surface area contributed by atoms with Crippen LogP contribution in [0, 0.1) is 0 Å². The molecule has 0 radical (unpaired) electrons. The Morgan fingerprint density at radius 2 is 2.00 bits per heavy atom. The van der Waals surface area contributed by atoms with Gasteiger partial charge in [0.05, 0.1) is 6.10 Å². The minimum Gasteiger partial charge on any atom is -0.389 e. The van der Waals surface area contributed by atoms with Gasteiger partial charge in [0.25, 0.3) is 0 Å². The van der Waals surface area contributed by atoms with Gasteiger partial charge < -0.3 is 5.11 Å². The zero-order chi connectivity index (χ0) is 10.7. The molecule has 0 fully saturated rings. The van der Waals surface area contributed by atoms with Crippen molar-refractivity contribution in [3.63, 3.8) is 0 Å². The van der Waals surface area contributed by atoms with Crippen molar-refractivity contribution in [2.45, 2.75) is 25.4 Å². The highest BCUT2D eigenvalue weighted by Gasteiger charge is 2.17. The van der Waals surface area contributed by atoms with Crippen LogP contribution in [0.25, 0.3) is 0 Å². The summed E-state index contributed by atoms with van der Waals surface area (Å²) in [5, 5.41) is 9.45. The molecule has 0 saturated carbocycles. The van der Waals surface area contributed by atoms with E-state index >= 15 is 0 Å². The molecule has 0 aliphatic heterocycles. The normalized spacial score (nSPS) is 20.9. The van der Waals surface area contributed by atoms with Gasteiger partial charge in [-0.1, -0.05) is 30.3 Å². The van der Waals surface area contributed by atoms with Crippen molar-refractivity contribution in [1.29, 1.82) is 0 Å². The Morgan fingerprint density at radius 3 is 2.67 bits per heavy atom. The summed E-state index contributed by atoms with van der Waals surface area (Å²) < 4.78 is 0. The van der Waals surface area contributed by atoms with Gasteiger partial charge in [-0.15, -0.1) is 0 Å². The first-order valence-corrected chi connectivity index (χ1v) is 5.26. The van der Waals surface area contributed by atoms with Crippen molar-refractivity contribution >= 4 is 5.78 Å². The second-order valence-corrected chi connectivity index (χ2v) is 3.85. The second-order valence-electron chi connectivity index (χ2n) is 3.85. The first-order valence-electron chi connectivity index (χ1n) is 5.26. The van der Waals surface area contributed by atoms with Gasteiger partial charge in [-0.25, -0.2) is 0 Å².